The third kappa shape index (κ3) is 5.19. The van der Waals surface area contributed by atoms with Gasteiger partial charge in [-0.25, -0.2) is 0 Å². The number of carbonyl (C=O) groups is 2. The van der Waals surface area contributed by atoms with E-state index in [9.17, 15) is 9.59 Å². The molecule has 0 aromatic heterocycles. The van der Waals surface area contributed by atoms with Crippen LogP contribution in [0.4, 0.5) is 5.69 Å². The maximum atomic E-state index is 13.9. The van der Waals surface area contributed by atoms with Crippen LogP contribution in [-0.2, 0) is 9.59 Å². The first-order valence-corrected chi connectivity index (χ1v) is 13.3. The molecule has 1 aliphatic carbocycles. The minimum absolute atomic E-state index is 0.0285. The summed E-state index contributed by atoms with van der Waals surface area (Å²) in [5.41, 5.74) is 6.45. The van der Waals surface area contributed by atoms with E-state index in [1.807, 2.05) is 50.2 Å². The van der Waals surface area contributed by atoms with E-state index in [4.69, 9.17) is 14.2 Å². The Kier molecular flexibility index (Phi) is 7.65. The molecule has 5 rings (SSSR count). The summed E-state index contributed by atoms with van der Waals surface area (Å²) in [4.78, 5) is 27.7. The minimum atomic E-state index is -0.478. The molecule has 40 heavy (non-hydrogen) atoms. The molecule has 0 saturated carbocycles. The van der Waals surface area contributed by atoms with E-state index in [0.29, 0.717) is 46.9 Å². The Bertz CT molecular complexity index is 1520. The van der Waals surface area contributed by atoms with Crippen molar-refractivity contribution in [3.8, 4) is 17.2 Å². The number of ketones is 1. The first kappa shape index (κ1) is 27.1. The van der Waals surface area contributed by atoms with Gasteiger partial charge in [0.15, 0.2) is 17.3 Å². The molecule has 1 amide bonds. The van der Waals surface area contributed by atoms with Gasteiger partial charge < -0.3 is 24.8 Å². The van der Waals surface area contributed by atoms with Crippen LogP contribution in [-0.4, -0.2) is 33.0 Å². The molecular weight excluding hydrogens is 504 g/mol. The predicted molar refractivity (Wildman–Crippen MR) is 155 cm³/mol. The number of hydrogen-bond acceptors (Lipinski definition) is 6. The van der Waals surface area contributed by atoms with Crippen LogP contribution in [0.15, 0.2) is 89.3 Å². The van der Waals surface area contributed by atoms with Gasteiger partial charge in [0.05, 0.1) is 21.3 Å². The van der Waals surface area contributed by atoms with Crippen molar-refractivity contribution in [3.05, 3.63) is 106 Å². The summed E-state index contributed by atoms with van der Waals surface area (Å²) in [5, 5.41) is 6.47. The molecule has 3 aromatic rings. The molecule has 0 unspecified atom stereocenters. The van der Waals surface area contributed by atoms with Crippen LogP contribution in [0.5, 0.6) is 17.2 Å². The lowest BCUT2D eigenvalue weighted by atomic mass is 9.71. The van der Waals surface area contributed by atoms with Gasteiger partial charge >= 0.3 is 0 Å². The quantitative estimate of drug-likeness (QED) is 0.383. The fraction of sp³-hybridized carbons (Fsp3) is 0.273. The first-order valence-electron chi connectivity index (χ1n) is 13.3. The van der Waals surface area contributed by atoms with E-state index < -0.39 is 5.92 Å². The molecule has 7 nitrogen and oxygen atoms in total. The van der Waals surface area contributed by atoms with Crippen molar-refractivity contribution in [2.75, 3.05) is 26.6 Å². The number of allylic oxidation sites excluding steroid dienone is 3. The number of amides is 1. The molecular formula is C33H34N2O5. The number of Topliss-reactive ketones (excluding diaryl/α,β-unsaturated/α-hetero) is 1. The Morgan fingerprint density at radius 1 is 0.850 bits per heavy atom. The molecule has 3 aromatic carbocycles. The number of benzene rings is 3. The first-order chi connectivity index (χ1) is 19.3. The van der Waals surface area contributed by atoms with Crippen LogP contribution in [0.2, 0.25) is 0 Å². The minimum Gasteiger partial charge on any atom is -0.497 e. The molecule has 1 heterocycles. The molecule has 7 heteroatoms. The number of carbonyl (C=O) groups excluding carboxylic acids is 2. The number of dihydropyridines is 1. The molecule has 206 valence electrons. The van der Waals surface area contributed by atoms with Crippen LogP contribution >= 0.6 is 0 Å². The van der Waals surface area contributed by atoms with Gasteiger partial charge in [-0.05, 0) is 73.7 Å². The Morgan fingerprint density at radius 3 is 2.27 bits per heavy atom. The fourth-order valence-corrected chi connectivity index (χ4v) is 5.74. The zero-order valence-electron chi connectivity index (χ0n) is 23.5. The van der Waals surface area contributed by atoms with E-state index in [2.05, 4.69) is 16.7 Å². The summed E-state index contributed by atoms with van der Waals surface area (Å²) >= 11 is 0. The number of hydrogen-bond donors (Lipinski definition) is 2. The molecule has 2 atom stereocenters. The topological polar surface area (TPSA) is 85.9 Å². The van der Waals surface area contributed by atoms with Gasteiger partial charge in [-0.1, -0.05) is 35.9 Å². The van der Waals surface area contributed by atoms with Crippen LogP contribution in [0.3, 0.4) is 0 Å². The van der Waals surface area contributed by atoms with E-state index >= 15 is 0 Å². The van der Waals surface area contributed by atoms with Crippen molar-refractivity contribution >= 4 is 17.4 Å². The van der Waals surface area contributed by atoms with E-state index in [1.54, 1.807) is 45.6 Å². The average molecular weight is 539 g/mol. The summed E-state index contributed by atoms with van der Waals surface area (Å²) in [6.45, 7) is 3.92. The number of ether oxygens (including phenoxy) is 3. The molecule has 0 saturated heterocycles. The van der Waals surface area contributed by atoms with Gasteiger partial charge in [-0.3, -0.25) is 9.59 Å². The third-order valence-corrected chi connectivity index (χ3v) is 7.67. The molecule has 1 aliphatic heterocycles. The lowest BCUT2D eigenvalue weighted by Crippen LogP contribution is -2.37. The summed E-state index contributed by atoms with van der Waals surface area (Å²) in [6.07, 6.45) is 0.980. The lowest BCUT2D eigenvalue weighted by molar-refractivity contribution is -0.116. The number of methoxy groups -OCH3 is 3. The molecule has 2 N–H and O–H groups in total. The molecule has 0 bridgehead atoms. The van der Waals surface area contributed by atoms with Gasteiger partial charge in [0, 0.05) is 40.6 Å². The van der Waals surface area contributed by atoms with Gasteiger partial charge in [-0.15, -0.1) is 0 Å². The second kappa shape index (κ2) is 11.3. The Labute approximate surface area is 234 Å². The van der Waals surface area contributed by atoms with Crippen LogP contribution in [0, 0.1) is 6.92 Å². The van der Waals surface area contributed by atoms with Crippen LogP contribution in [0.25, 0.3) is 0 Å². The Balaban J connectivity index is 1.53. The number of anilines is 1. The number of aryl methyl sites for hydroxylation is 1. The predicted octanol–water partition coefficient (Wildman–Crippen LogP) is 6.02. The highest BCUT2D eigenvalue weighted by molar-refractivity contribution is 6.10. The van der Waals surface area contributed by atoms with E-state index in [1.165, 1.54) is 0 Å². The third-order valence-electron chi connectivity index (χ3n) is 7.67. The highest BCUT2D eigenvalue weighted by Gasteiger charge is 2.41. The summed E-state index contributed by atoms with van der Waals surface area (Å²) < 4.78 is 16.1. The van der Waals surface area contributed by atoms with Crippen LogP contribution in [0.1, 0.15) is 48.3 Å². The van der Waals surface area contributed by atoms with Crippen molar-refractivity contribution in [2.24, 2.45) is 0 Å². The van der Waals surface area contributed by atoms with Crippen molar-refractivity contribution < 1.29 is 23.8 Å². The standard InChI is InChI=1S/C33H34N2O5/c1-19-7-6-8-22(15-19)31-30(33(37)35-24-10-12-25(38-3)13-11-24)20(2)34-26-16-23(17-27(36)32(26)31)21-9-14-28(39-4)29(18-21)40-5/h6-15,18,23,31,34H,16-17H2,1-5H3,(H,35,37)/t23-,31+/m0/s1. The maximum absolute atomic E-state index is 13.9. The maximum Gasteiger partial charge on any atom is 0.254 e. The molecule has 0 radical (unpaired) electrons. The van der Waals surface area contributed by atoms with Gasteiger partial charge in [0.1, 0.15) is 5.75 Å². The largest absolute Gasteiger partial charge is 0.497 e. The SMILES string of the molecule is COc1ccc(NC(=O)C2=C(C)NC3=C(C(=O)C[C@@H](c4ccc(OC)c(OC)c4)C3)[C@@H]2c2cccc(C)c2)cc1. The van der Waals surface area contributed by atoms with Gasteiger partial charge in [-0.2, -0.15) is 0 Å². The van der Waals surface area contributed by atoms with Crippen molar-refractivity contribution in [1.29, 1.82) is 0 Å². The monoisotopic (exact) mass is 538 g/mol. The smallest absolute Gasteiger partial charge is 0.254 e. The Morgan fingerprint density at radius 2 is 1.60 bits per heavy atom. The average Bonchev–Trinajstić information content (AvgIpc) is 2.96. The molecule has 0 fully saturated rings. The highest BCUT2D eigenvalue weighted by Crippen LogP contribution is 2.46. The highest BCUT2D eigenvalue weighted by atomic mass is 16.5. The molecule has 0 spiro atoms. The van der Waals surface area contributed by atoms with E-state index in [-0.39, 0.29) is 17.6 Å². The second-order valence-electron chi connectivity index (χ2n) is 10.2. The van der Waals surface area contributed by atoms with Crippen molar-refractivity contribution in [2.45, 2.75) is 38.5 Å². The zero-order valence-corrected chi connectivity index (χ0v) is 23.5. The Hall–Kier alpha value is -4.52. The lowest BCUT2D eigenvalue weighted by Gasteiger charge is -2.37. The van der Waals surface area contributed by atoms with E-state index in [0.717, 1.165) is 28.1 Å². The molecule has 2 aliphatic rings. The van der Waals surface area contributed by atoms with Crippen molar-refractivity contribution in [3.63, 3.8) is 0 Å². The van der Waals surface area contributed by atoms with Crippen molar-refractivity contribution in [1.82, 2.24) is 5.32 Å². The summed E-state index contributed by atoms with van der Waals surface area (Å²) in [5.74, 6) is 1.26. The summed E-state index contributed by atoms with van der Waals surface area (Å²) in [7, 11) is 4.81. The summed E-state index contributed by atoms with van der Waals surface area (Å²) in [6, 6.07) is 21.0. The fourth-order valence-electron chi connectivity index (χ4n) is 5.74. The number of nitrogens with one attached hydrogen (secondary N) is 2. The second-order valence-corrected chi connectivity index (χ2v) is 10.2. The zero-order chi connectivity index (χ0) is 28.4. The van der Waals surface area contributed by atoms with Gasteiger partial charge in [0.2, 0.25) is 0 Å². The van der Waals surface area contributed by atoms with Crippen LogP contribution < -0.4 is 24.8 Å². The van der Waals surface area contributed by atoms with Gasteiger partial charge in [0.25, 0.3) is 5.91 Å². The normalized spacial score (nSPS) is 18.6. The number of rotatable bonds is 7.